The molecular weight excluding hydrogens is 302 g/mol. The fourth-order valence-electron chi connectivity index (χ4n) is 3.11. The van der Waals surface area contributed by atoms with E-state index >= 15 is 0 Å². The van der Waals surface area contributed by atoms with E-state index in [1.807, 2.05) is 30.0 Å². The number of carbonyl (C=O) groups excluding carboxylic acids is 2. The number of amides is 2. The van der Waals surface area contributed by atoms with Crippen molar-refractivity contribution < 1.29 is 9.59 Å². The summed E-state index contributed by atoms with van der Waals surface area (Å²) in [4.78, 5) is 31.4. The van der Waals surface area contributed by atoms with Gasteiger partial charge in [0.2, 0.25) is 5.91 Å². The molecule has 5 heteroatoms. The average molecular weight is 325 g/mol. The van der Waals surface area contributed by atoms with Gasteiger partial charge in [0.1, 0.15) is 5.69 Å². The van der Waals surface area contributed by atoms with Crippen LogP contribution in [0.1, 0.15) is 27.2 Å². The van der Waals surface area contributed by atoms with E-state index in [9.17, 15) is 9.59 Å². The normalized spacial score (nSPS) is 14.8. The minimum absolute atomic E-state index is 0.00137. The molecule has 3 rings (SSSR count). The van der Waals surface area contributed by atoms with Crippen LogP contribution in [0.4, 0.5) is 0 Å². The number of nitrogens with zero attached hydrogens (tertiary/aromatic N) is 2. The van der Waals surface area contributed by atoms with E-state index in [1.165, 1.54) is 5.56 Å². The molecule has 0 saturated carbocycles. The summed E-state index contributed by atoms with van der Waals surface area (Å²) in [7, 11) is 0. The zero-order valence-electron chi connectivity index (χ0n) is 14.2. The van der Waals surface area contributed by atoms with E-state index in [-0.39, 0.29) is 11.8 Å². The third kappa shape index (κ3) is 3.50. The van der Waals surface area contributed by atoms with Gasteiger partial charge in [0.15, 0.2) is 0 Å². The van der Waals surface area contributed by atoms with Crippen LogP contribution in [0.15, 0.2) is 36.5 Å². The molecule has 0 bridgehead atoms. The van der Waals surface area contributed by atoms with Crippen molar-refractivity contribution in [1.29, 1.82) is 0 Å². The quantitative estimate of drug-likeness (QED) is 0.940. The molecule has 1 fully saturated rings. The first-order valence-corrected chi connectivity index (χ1v) is 8.31. The lowest BCUT2D eigenvalue weighted by atomic mass is 10.0. The second-order valence-corrected chi connectivity index (χ2v) is 6.36. The number of hydrogen-bond acceptors (Lipinski definition) is 2. The Morgan fingerprint density at radius 1 is 1.04 bits per heavy atom. The second-order valence-electron chi connectivity index (χ2n) is 6.36. The molecule has 1 aromatic heterocycles. The van der Waals surface area contributed by atoms with Gasteiger partial charge in [0, 0.05) is 32.4 Å². The number of aromatic nitrogens is 1. The molecule has 1 aliphatic heterocycles. The lowest BCUT2D eigenvalue weighted by molar-refractivity contribution is -0.131. The maximum atomic E-state index is 12.5. The van der Waals surface area contributed by atoms with Crippen molar-refractivity contribution in [3.05, 3.63) is 58.9 Å². The molecule has 0 atom stereocenters. The number of piperazine rings is 1. The van der Waals surface area contributed by atoms with E-state index in [0.717, 1.165) is 11.1 Å². The molecule has 24 heavy (non-hydrogen) atoms. The highest BCUT2D eigenvalue weighted by atomic mass is 16.2. The number of rotatable bonds is 3. The van der Waals surface area contributed by atoms with Crippen LogP contribution in [0.25, 0.3) is 0 Å². The Bertz CT molecular complexity index is 729. The summed E-state index contributed by atoms with van der Waals surface area (Å²) in [5.74, 6) is 0.135. The van der Waals surface area contributed by atoms with E-state index in [1.54, 1.807) is 17.2 Å². The van der Waals surface area contributed by atoms with E-state index in [2.05, 4.69) is 18.0 Å². The predicted octanol–water partition coefficient (Wildman–Crippen LogP) is 2.16. The third-order valence-electron chi connectivity index (χ3n) is 4.59. The van der Waals surface area contributed by atoms with Crippen molar-refractivity contribution in [2.75, 3.05) is 26.2 Å². The predicted molar refractivity (Wildman–Crippen MR) is 92.9 cm³/mol. The fourth-order valence-corrected chi connectivity index (χ4v) is 3.11. The molecule has 0 radical (unpaired) electrons. The highest BCUT2D eigenvalue weighted by molar-refractivity contribution is 5.92. The number of carbonyl (C=O) groups is 2. The Balaban J connectivity index is 1.56. The number of H-pyrrole nitrogens is 1. The Hall–Kier alpha value is -2.56. The zero-order valence-corrected chi connectivity index (χ0v) is 14.2. The molecule has 1 aliphatic rings. The Morgan fingerprint density at radius 3 is 2.38 bits per heavy atom. The molecule has 0 unspecified atom stereocenters. The van der Waals surface area contributed by atoms with Crippen LogP contribution in [0.2, 0.25) is 0 Å². The summed E-state index contributed by atoms with van der Waals surface area (Å²) in [5.41, 5.74) is 4.05. The topological polar surface area (TPSA) is 56.4 Å². The van der Waals surface area contributed by atoms with Crippen molar-refractivity contribution in [3.8, 4) is 0 Å². The molecule has 5 nitrogen and oxygen atoms in total. The summed E-state index contributed by atoms with van der Waals surface area (Å²) in [5, 5.41) is 0. The van der Waals surface area contributed by atoms with E-state index < -0.39 is 0 Å². The van der Waals surface area contributed by atoms with Crippen LogP contribution >= 0.6 is 0 Å². The van der Waals surface area contributed by atoms with Crippen molar-refractivity contribution in [2.24, 2.45) is 0 Å². The van der Waals surface area contributed by atoms with Gasteiger partial charge in [-0.2, -0.15) is 0 Å². The van der Waals surface area contributed by atoms with Crippen molar-refractivity contribution >= 4 is 11.8 Å². The largest absolute Gasteiger partial charge is 0.357 e. The van der Waals surface area contributed by atoms with Crippen molar-refractivity contribution in [3.63, 3.8) is 0 Å². The van der Waals surface area contributed by atoms with Crippen LogP contribution in [0.3, 0.4) is 0 Å². The molecule has 1 saturated heterocycles. The Kier molecular flexibility index (Phi) is 4.69. The molecule has 1 aromatic carbocycles. The Morgan fingerprint density at radius 2 is 1.75 bits per heavy atom. The second kappa shape index (κ2) is 6.91. The molecule has 2 heterocycles. The first-order valence-electron chi connectivity index (χ1n) is 8.31. The number of hydrogen-bond donors (Lipinski definition) is 1. The summed E-state index contributed by atoms with van der Waals surface area (Å²) in [6.07, 6.45) is 2.17. The zero-order chi connectivity index (χ0) is 17.1. The van der Waals surface area contributed by atoms with Gasteiger partial charge in [0.05, 0.1) is 6.42 Å². The van der Waals surface area contributed by atoms with Crippen LogP contribution in [0.5, 0.6) is 0 Å². The maximum absolute atomic E-state index is 12.5. The SMILES string of the molecule is Cc1ccc(CC(=O)N2CCN(C(=O)c3ccc[nH]3)CC2)c(C)c1. The lowest BCUT2D eigenvalue weighted by Gasteiger charge is -2.34. The molecule has 126 valence electrons. The van der Waals surface area contributed by atoms with Gasteiger partial charge in [-0.1, -0.05) is 23.8 Å². The van der Waals surface area contributed by atoms with E-state index in [0.29, 0.717) is 38.3 Å². The monoisotopic (exact) mass is 325 g/mol. The maximum Gasteiger partial charge on any atom is 0.270 e. The highest BCUT2D eigenvalue weighted by Crippen LogP contribution is 2.14. The summed E-state index contributed by atoms with van der Waals surface area (Å²) in [6.45, 7) is 6.45. The van der Waals surface area contributed by atoms with Gasteiger partial charge in [-0.3, -0.25) is 9.59 Å². The minimum atomic E-state index is 0.00137. The van der Waals surface area contributed by atoms with Crippen molar-refractivity contribution in [1.82, 2.24) is 14.8 Å². The summed E-state index contributed by atoms with van der Waals surface area (Å²) >= 11 is 0. The number of aryl methyl sites for hydroxylation is 2. The molecule has 0 spiro atoms. The molecule has 2 aromatic rings. The number of nitrogens with one attached hydrogen (secondary N) is 1. The lowest BCUT2D eigenvalue weighted by Crippen LogP contribution is -2.51. The molecule has 0 aliphatic carbocycles. The van der Waals surface area contributed by atoms with Gasteiger partial charge in [-0.25, -0.2) is 0 Å². The van der Waals surface area contributed by atoms with Crippen molar-refractivity contribution in [2.45, 2.75) is 20.3 Å². The van der Waals surface area contributed by atoms with Gasteiger partial charge in [0.25, 0.3) is 5.91 Å². The number of benzene rings is 1. The first kappa shape index (κ1) is 16.3. The van der Waals surface area contributed by atoms with E-state index in [4.69, 9.17) is 0 Å². The standard InChI is InChI=1S/C19H23N3O2/c1-14-5-6-16(15(2)12-14)13-18(23)21-8-10-22(11-9-21)19(24)17-4-3-7-20-17/h3-7,12,20H,8-11,13H2,1-2H3. The van der Waals surface area contributed by atoms with Gasteiger partial charge < -0.3 is 14.8 Å². The first-order chi connectivity index (χ1) is 11.5. The summed E-state index contributed by atoms with van der Waals surface area (Å²) in [6, 6.07) is 9.78. The smallest absolute Gasteiger partial charge is 0.270 e. The van der Waals surface area contributed by atoms with Crippen LogP contribution < -0.4 is 0 Å². The average Bonchev–Trinajstić information content (AvgIpc) is 3.11. The minimum Gasteiger partial charge on any atom is -0.357 e. The third-order valence-corrected chi connectivity index (χ3v) is 4.59. The van der Waals surface area contributed by atoms with Crippen LogP contribution in [-0.2, 0) is 11.2 Å². The fraction of sp³-hybridized carbons (Fsp3) is 0.368. The molecule has 2 amide bonds. The molecular formula is C19H23N3O2. The van der Waals surface area contributed by atoms with Gasteiger partial charge in [-0.15, -0.1) is 0 Å². The highest BCUT2D eigenvalue weighted by Gasteiger charge is 2.25. The number of aromatic amines is 1. The molecule has 1 N–H and O–H groups in total. The summed E-state index contributed by atoms with van der Waals surface area (Å²) < 4.78 is 0. The van der Waals surface area contributed by atoms with Crippen LogP contribution in [-0.4, -0.2) is 52.8 Å². The van der Waals surface area contributed by atoms with Crippen LogP contribution in [0, 0.1) is 13.8 Å². The van der Waals surface area contributed by atoms with Gasteiger partial charge in [-0.05, 0) is 37.1 Å². The van der Waals surface area contributed by atoms with Gasteiger partial charge >= 0.3 is 0 Å². The Labute approximate surface area is 142 Å².